The van der Waals surface area contributed by atoms with Crippen molar-refractivity contribution in [2.45, 2.75) is 25.4 Å². The Labute approximate surface area is 180 Å². The van der Waals surface area contributed by atoms with Crippen LogP contribution >= 0.6 is 0 Å². The average molecular weight is 425 g/mol. The van der Waals surface area contributed by atoms with Gasteiger partial charge in [0.1, 0.15) is 24.0 Å². The molecule has 4 rings (SSSR count). The number of ether oxygens (including phenoxy) is 1. The van der Waals surface area contributed by atoms with E-state index in [2.05, 4.69) is 39.5 Å². The van der Waals surface area contributed by atoms with Crippen molar-refractivity contribution >= 4 is 16.9 Å². The van der Waals surface area contributed by atoms with E-state index in [1.165, 1.54) is 22.7 Å². The van der Waals surface area contributed by atoms with E-state index in [4.69, 9.17) is 4.74 Å². The molecular formula is C22H28N6O3. The van der Waals surface area contributed by atoms with Gasteiger partial charge >= 0.3 is 0 Å². The second-order valence-corrected chi connectivity index (χ2v) is 8.09. The number of nitrogens with zero attached hydrogens (tertiary/aromatic N) is 5. The molecule has 1 N–H and O–H groups in total. The molecule has 1 saturated heterocycles. The fourth-order valence-electron chi connectivity index (χ4n) is 4.44. The van der Waals surface area contributed by atoms with E-state index in [0.717, 1.165) is 25.1 Å². The number of benzene rings is 1. The summed E-state index contributed by atoms with van der Waals surface area (Å²) in [6.07, 6.45) is 5.01. The molecule has 0 saturated carbocycles. The van der Waals surface area contributed by atoms with Crippen LogP contribution in [-0.4, -0.2) is 57.4 Å². The third kappa shape index (κ3) is 4.32. The number of rotatable bonds is 6. The van der Waals surface area contributed by atoms with Crippen LogP contribution in [0.15, 0.2) is 41.6 Å². The lowest BCUT2D eigenvalue weighted by Gasteiger charge is -2.39. The third-order valence-corrected chi connectivity index (χ3v) is 6.06. The highest BCUT2D eigenvalue weighted by molar-refractivity contribution is 5.77. The molecule has 9 heteroatoms. The summed E-state index contributed by atoms with van der Waals surface area (Å²) in [7, 11) is 5.51. The van der Waals surface area contributed by atoms with Gasteiger partial charge < -0.3 is 10.1 Å². The van der Waals surface area contributed by atoms with Gasteiger partial charge in [0.25, 0.3) is 5.56 Å². The van der Waals surface area contributed by atoms with Crippen LogP contribution in [0, 0.1) is 5.92 Å². The summed E-state index contributed by atoms with van der Waals surface area (Å²) in [5.74, 6) is 0.914. The van der Waals surface area contributed by atoms with Gasteiger partial charge in [0.15, 0.2) is 5.65 Å². The number of nitrogens with one attached hydrogen (secondary N) is 1. The Hall–Kier alpha value is -3.20. The van der Waals surface area contributed by atoms with Crippen LogP contribution in [0.5, 0.6) is 5.75 Å². The van der Waals surface area contributed by atoms with E-state index in [-0.39, 0.29) is 30.0 Å². The highest BCUT2D eigenvalue weighted by Crippen LogP contribution is 2.35. The van der Waals surface area contributed by atoms with Crippen LogP contribution in [0.25, 0.3) is 11.0 Å². The lowest BCUT2D eigenvalue weighted by molar-refractivity contribution is -0.122. The number of likely N-dealkylation sites (tertiary alicyclic amines) is 1. The molecule has 1 aromatic carbocycles. The second kappa shape index (κ2) is 8.89. The van der Waals surface area contributed by atoms with Crippen molar-refractivity contribution in [3.63, 3.8) is 0 Å². The molecule has 2 unspecified atom stereocenters. The van der Waals surface area contributed by atoms with Crippen LogP contribution in [0.3, 0.4) is 0 Å². The molecule has 164 valence electrons. The van der Waals surface area contributed by atoms with E-state index in [9.17, 15) is 9.59 Å². The molecule has 0 bridgehead atoms. The SMILES string of the molecule is COc1ccc(C2C(CNC(=O)Cn3cnc4c(cnn4C)c3=O)CCCN2C)cc1. The van der Waals surface area contributed by atoms with Gasteiger partial charge in [-0.2, -0.15) is 5.10 Å². The fourth-order valence-corrected chi connectivity index (χ4v) is 4.44. The number of fused-ring (bicyclic) bond motifs is 1. The molecule has 2 atom stereocenters. The van der Waals surface area contributed by atoms with Crippen LogP contribution in [0.4, 0.5) is 0 Å². The van der Waals surface area contributed by atoms with Gasteiger partial charge in [0.05, 0.1) is 13.3 Å². The quantitative estimate of drug-likeness (QED) is 0.642. The molecule has 3 aromatic rings. The minimum absolute atomic E-state index is 0.0631. The monoisotopic (exact) mass is 424 g/mol. The van der Waals surface area contributed by atoms with E-state index >= 15 is 0 Å². The number of hydrogen-bond acceptors (Lipinski definition) is 6. The first-order chi connectivity index (χ1) is 15.0. The number of aromatic nitrogens is 4. The highest BCUT2D eigenvalue weighted by atomic mass is 16.5. The second-order valence-electron chi connectivity index (χ2n) is 8.09. The number of hydrogen-bond donors (Lipinski definition) is 1. The summed E-state index contributed by atoms with van der Waals surface area (Å²) in [5, 5.41) is 7.49. The van der Waals surface area contributed by atoms with Gasteiger partial charge in [0, 0.05) is 19.6 Å². The maximum atomic E-state index is 12.6. The molecule has 1 fully saturated rings. The third-order valence-electron chi connectivity index (χ3n) is 6.06. The zero-order chi connectivity index (χ0) is 22.0. The van der Waals surface area contributed by atoms with Gasteiger partial charge in [0.2, 0.25) is 5.91 Å². The number of aryl methyl sites for hydroxylation is 1. The van der Waals surface area contributed by atoms with Crippen molar-refractivity contribution in [1.82, 2.24) is 29.5 Å². The van der Waals surface area contributed by atoms with Crippen molar-refractivity contribution in [2.24, 2.45) is 13.0 Å². The van der Waals surface area contributed by atoms with Crippen LogP contribution in [0.1, 0.15) is 24.4 Å². The molecule has 1 aliphatic rings. The van der Waals surface area contributed by atoms with Gasteiger partial charge in [-0.3, -0.25) is 23.7 Å². The van der Waals surface area contributed by atoms with Crippen molar-refractivity contribution < 1.29 is 9.53 Å². The largest absolute Gasteiger partial charge is 0.497 e. The zero-order valence-electron chi connectivity index (χ0n) is 18.1. The Morgan fingerprint density at radius 2 is 2.03 bits per heavy atom. The van der Waals surface area contributed by atoms with Gasteiger partial charge in [-0.1, -0.05) is 12.1 Å². The first-order valence-electron chi connectivity index (χ1n) is 10.5. The van der Waals surface area contributed by atoms with Crippen molar-refractivity contribution in [3.8, 4) is 5.75 Å². The Bertz CT molecular complexity index is 1120. The number of amides is 1. The Balaban J connectivity index is 1.43. The minimum Gasteiger partial charge on any atom is -0.497 e. The number of methoxy groups -OCH3 is 1. The summed E-state index contributed by atoms with van der Waals surface area (Å²) in [6, 6.07) is 8.35. The highest BCUT2D eigenvalue weighted by Gasteiger charge is 2.30. The summed E-state index contributed by atoms with van der Waals surface area (Å²) < 4.78 is 8.14. The molecule has 0 radical (unpaired) electrons. The standard InChI is InChI=1S/C22H28N6O3/c1-26-10-4-5-16(20(26)15-6-8-17(31-3)9-7-15)11-23-19(29)13-28-14-24-21-18(22(28)30)12-25-27(21)2/h6-9,12,14,16,20H,4-5,10-11,13H2,1-3H3,(H,23,29). The maximum Gasteiger partial charge on any atom is 0.264 e. The Kier molecular flexibility index (Phi) is 6.03. The summed E-state index contributed by atoms with van der Waals surface area (Å²) in [4.78, 5) is 31.8. The Morgan fingerprint density at radius 3 is 2.77 bits per heavy atom. The maximum absolute atomic E-state index is 12.6. The predicted octanol–water partition coefficient (Wildman–Crippen LogP) is 1.34. The molecule has 9 nitrogen and oxygen atoms in total. The van der Waals surface area contributed by atoms with Gasteiger partial charge in [-0.15, -0.1) is 0 Å². The van der Waals surface area contributed by atoms with E-state index in [0.29, 0.717) is 17.6 Å². The van der Waals surface area contributed by atoms with Crippen molar-refractivity contribution in [1.29, 1.82) is 0 Å². The number of carbonyl (C=O) groups excluding carboxylic acids is 1. The zero-order valence-corrected chi connectivity index (χ0v) is 18.1. The lowest BCUT2D eigenvalue weighted by Crippen LogP contribution is -2.42. The first-order valence-corrected chi connectivity index (χ1v) is 10.5. The lowest BCUT2D eigenvalue weighted by atomic mass is 9.85. The molecular weight excluding hydrogens is 396 g/mol. The first kappa shape index (κ1) is 21.0. The molecule has 31 heavy (non-hydrogen) atoms. The normalized spacial score (nSPS) is 19.5. The minimum atomic E-state index is -0.262. The van der Waals surface area contributed by atoms with Crippen LogP contribution < -0.4 is 15.6 Å². The smallest absolute Gasteiger partial charge is 0.264 e. The summed E-state index contributed by atoms with van der Waals surface area (Å²) in [5.41, 5.74) is 1.46. The fraction of sp³-hybridized carbons (Fsp3) is 0.455. The molecule has 2 aromatic heterocycles. The molecule has 1 amide bonds. The van der Waals surface area contributed by atoms with E-state index in [1.54, 1.807) is 18.8 Å². The van der Waals surface area contributed by atoms with Crippen molar-refractivity contribution in [3.05, 3.63) is 52.7 Å². The summed E-state index contributed by atoms with van der Waals surface area (Å²) >= 11 is 0. The van der Waals surface area contributed by atoms with Crippen LogP contribution in [0.2, 0.25) is 0 Å². The number of carbonyl (C=O) groups is 1. The molecule has 0 aliphatic carbocycles. The summed E-state index contributed by atoms with van der Waals surface area (Å²) in [6.45, 7) is 1.51. The molecule has 3 heterocycles. The topological polar surface area (TPSA) is 94.3 Å². The van der Waals surface area contributed by atoms with Crippen LogP contribution in [-0.2, 0) is 18.4 Å². The van der Waals surface area contributed by atoms with E-state index in [1.807, 2.05) is 12.1 Å². The average Bonchev–Trinajstić information content (AvgIpc) is 3.16. The molecule has 1 aliphatic heterocycles. The van der Waals surface area contributed by atoms with Gasteiger partial charge in [-0.25, -0.2) is 4.98 Å². The molecule has 0 spiro atoms. The van der Waals surface area contributed by atoms with E-state index < -0.39 is 0 Å². The predicted molar refractivity (Wildman–Crippen MR) is 117 cm³/mol. The number of piperidine rings is 1. The Morgan fingerprint density at radius 1 is 1.26 bits per heavy atom. The van der Waals surface area contributed by atoms with Gasteiger partial charge in [-0.05, 0) is 50.0 Å². The van der Waals surface area contributed by atoms with Crippen molar-refractivity contribution in [2.75, 3.05) is 27.2 Å².